The summed E-state index contributed by atoms with van der Waals surface area (Å²) in [7, 11) is -3.63. The molecule has 0 radical (unpaired) electrons. The zero-order chi connectivity index (χ0) is 23.2. The van der Waals surface area contributed by atoms with E-state index in [4.69, 9.17) is 16.0 Å². The molecule has 6 nitrogen and oxygen atoms in total. The summed E-state index contributed by atoms with van der Waals surface area (Å²) >= 11 is 6.15. The lowest BCUT2D eigenvalue weighted by molar-refractivity contribution is 0.0998. The summed E-state index contributed by atoms with van der Waals surface area (Å²) in [5, 5.41) is 3.95. The third-order valence-electron chi connectivity index (χ3n) is 6.02. The molecule has 1 N–H and O–H groups in total. The fourth-order valence-corrected chi connectivity index (χ4v) is 6.27. The Labute approximate surface area is 193 Å². The molecule has 1 aliphatic heterocycles. The fourth-order valence-electron chi connectivity index (χ4n) is 4.39. The van der Waals surface area contributed by atoms with Crippen LogP contribution in [-0.2, 0) is 10.0 Å². The van der Waals surface area contributed by atoms with Gasteiger partial charge in [-0.3, -0.25) is 4.79 Å². The van der Waals surface area contributed by atoms with E-state index >= 15 is 0 Å². The van der Waals surface area contributed by atoms with Crippen LogP contribution in [0, 0.1) is 25.7 Å². The second-order valence-electron chi connectivity index (χ2n) is 8.90. The predicted molar refractivity (Wildman–Crippen MR) is 127 cm³/mol. The minimum absolute atomic E-state index is 0.145. The molecule has 0 unspecified atom stereocenters. The number of hydrogen-bond donors (Lipinski definition) is 1. The first-order valence-corrected chi connectivity index (χ1v) is 12.5. The molecule has 0 aliphatic carbocycles. The molecular formula is C24H27ClN2O4S. The number of halogens is 1. The predicted octanol–water partition coefficient (Wildman–Crippen LogP) is 5.62. The molecular weight excluding hydrogens is 448 g/mol. The molecule has 32 heavy (non-hydrogen) atoms. The molecule has 170 valence electrons. The maximum Gasteiger partial charge on any atom is 0.291 e. The van der Waals surface area contributed by atoms with E-state index in [-0.39, 0.29) is 10.7 Å². The summed E-state index contributed by atoms with van der Waals surface area (Å²) < 4.78 is 33.9. The summed E-state index contributed by atoms with van der Waals surface area (Å²) in [6.07, 6.45) is 1.02. The summed E-state index contributed by atoms with van der Waals surface area (Å²) in [6.45, 7) is 8.82. The van der Waals surface area contributed by atoms with Gasteiger partial charge < -0.3 is 9.73 Å². The lowest BCUT2D eigenvalue weighted by atomic mass is 9.94. The number of fused-ring (bicyclic) bond motifs is 1. The molecule has 1 aromatic heterocycles. The molecule has 1 fully saturated rings. The summed E-state index contributed by atoms with van der Waals surface area (Å²) in [6, 6.07) is 10.0. The van der Waals surface area contributed by atoms with Gasteiger partial charge in [0.15, 0.2) is 5.76 Å². The molecule has 0 bridgehead atoms. The molecule has 4 rings (SSSR count). The number of piperidine rings is 1. The van der Waals surface area contributed by atoms with Gasteiger partial charge in [0.2, 0.25) is 10.0 Å². The van der Waals surface area contributed by atoms with Gasteiger partial charge in [-0.2, -0.15) is 4.31 Å². The van der Waals surface area contributed by atoms with Gasteiger partial charge in [-0.05, 0) is 68.0 Å². The molecule has 1 amide bonds. The number of carbonyl (C=O) groups excluding carboxylic acids is 1. The van der Waals surface area contributed by atoms with Gasteiger partial charge in [-0.1, -0.05) is 31.5 Å². The second-order valence-corrected chi connectivity index (χ2v) is 11.2. The van der Waals surface area contributed by atoms with Gasteiger partial charge in [0, 0.05) is 34.7 Å². The average molecular weight is 475 g/mol. The van der Waals surface area contributed by atoms with Crippen molar-refractivity contribution in [1.29, 1.82) is 0 Å². The first kappa shape index (κ1) is 22.8. The lowest BCUT2D eigenvalue weighted by Crippen LogP contribution is -2.42. The van der Waals surface area contributed by atoms with Crippen LogP contribution < -0.4 is 5.32 Å². The maximum absolute atomic E-state index is 13.3. The highest BCUT2D eigenvalue weighted by Crippen LogP contribution is 2.32. The van der Waals surface area contributed by atoms with E-state index < -0.39 is 15.9 Å². The van der Waals surface area contributed by atoms with Gasteiger partial charge in [0.05, 0.1) is 4.90 Å². The molecule has 2 heterocycles. The van der Waals surface area contributed by atoms with Crippen molar-refractivity contribution in [2.24, 2.45) is 11.8 Å². The highest BCUT2D eigenvalue weighted by Gasteiger charge is 2.32. The van der Waals surface area contributed by atoms with E-state index in [9.17, 15) is 13.2 Å². The molecule has 2 atom stereocenters. The van der Waals surface area contributed by atoms with Crippen LogP contribution in [0.2, 0.25) is 5.02 Å². The summed E-state index contributed by atoms with van der Waals surface area (Å²) in [5.74, 6) is 0.366. The Kier molecular flexibility index (Phi) is 6.09. The highest BCUT2D eigenvalue weighted by molar-refractivity contribution is 7.89. The maximum atomic E-state index is 13.3. The van der Waals surface area contributed by atoms with Crippen molar-refractivity contribution in [3.8, 4) is 0 Å². The third kappa shape index (κ3) is 4.29. The van der Waals surface area contributed by atoms with Gasteiger partial charge >= 0.3 is 0 Å². The normalized spacial score (nSPS) is 19.9. The zero-order valence-electron chi connectivity index (χ0n) is 18.6. The van der Waals surface area contributed by atoms with E-state index in [1.54, 1.807) is 41.6 Å². The van der Waals surface area contributed by atoms with Gasteiger partial charge in [-0.15, -0.1) is 0 Å². The van der Waals surface area contributed by atoms with E-state index in [0.29, 0.717) is 52.2 Å². The fraction of sp³-hybridized carbons (Fsp3) is 0.375. The van der Waals surface area contributed by atoms with Crippen molar-refractivity contribution in [1.82, 2.24) is 4.31 Å². The van der Waals surface area contributed by atoms with Crippen molar-refractivity contribution in [2.75, 3.05) is 18.4 Å². The first-order chi connectivity index (χ1) is 15.1. The van der Waals surface area contributed by atoms with E-state index in [2.05, 4.69) is 19.2 Å². The molecule has 3 aromatic rings. The Balaban J connectivity index is 1.65. The Hall–Kier alpha value is -2.35. The number of amides is 1. The Morgan fingerprint density at radius 3 is 2.44 bits per heavy atom. The number of nitrogens with zero attached hydrogens (tertiary/aromatic N) is 1. The van der Waals surface area contributed by atoms with Crippen LogP contribution in [-0.4, -0.2) is 31.7 Å². The van der Waals surface area contributed by atoms with Crippen LogP contribution in [0.3, 0.4) is 0 Å². The molecule has 2 aromatic carbocycles. The van der Waals surface area contributed by atoms with Crippen molar-refractivity contribution in [3.05, 3.63) is 58.3 Å². The first-order valence-electron chi connectivity index (χ1n) is 10.7. The van der Waals surface area contributed by atoms with Gasteiger partial charge in [-0.25, -0.2) is 8.42 Å². The number of sulfonamides is 1. The van der Waals surface area contributed by atoms with Crippen molar-refractivity contribution < 1.29 is 17.6 Å². The SMILES string of the molecule is Cc1ccc(NC(=O)c2oc3ccc(S(=O)(=O)N4C[C@H](C)C[C@H](C)C4)cc3c2C)cc1Cl. The van der Waals surface area contributed by atoms with Gasteiger partial charge in [0.25, 0.3) is 5.91 Å². The van der Waals surface area contributed by atoms with Crippen LogP contribution in [0.5, 0.6) is 0 Å². The molecule has 1 aliphatic rings. The lowest BCUT2D eigenvalue weighted by Gasteiger charge is -2.34. The van der Waals surface area contributed by atoms with Crippen LogP contribution in [0.25, 0.3) is 11.0 Å². The molecule has 8 heteroatoms. The van der Waals surface area contributed by atoms with Crippen LogP contribution in [0.1, 0.15) is 41.9 Å². The number of hydrogen-bond acceptors (Lipinski definition) is 4. The average Bonchev–Trinajstić information content (AvgIpc) is 3.06. The minimum Gasteiger partial charge on any atom is -0.451 e. The number of benzene rings is 2. The second kappa shape index (κ2) is 8.54. The summed E-state index contributed by atoms with van der Waals surface area (Å²) in [5.41, 5.74) is 2.53. The Morgan fingerprint density at radius 1 is 1.09 bits per heavy atom. The van der Waals surface area contributed by atoms with Crippen molar-refractivity contribution in [3.63, 3.8) is 0 Å². The van der Waals surface area contributed by atoms with E-state index in [1.807, 2.05) is 13.0 Å². The number of rotatable bonds is 4. The Bertz CT molecular complexity index is 1290. The van der Waals surface area contributed by atoms with Crippen LogP contribution >= 0.6 is 11.6 Å². The minimum atomic E-state index is -3.63. The third-order valence-corrected chi connectivity index (χ3v) is 8.25. The molecule has 0 saturated carbocycles. The Morgan fingerprint density at radius 2 is 1.78 bits per heavy atom. The zero-order valence-corrected chi connectivity index (χ0v) is 20.2. The standard InChI is InChI=1S/C24H27ClN2O4S/c1-14-9-15(2)13-27(12-14)32(29,30)19-7-8-22-20(11-19)17(4)23(31-22)24(28)26-18-6-5-16(3)21(25)10-18/h5-8,10-11,14-15H,9,12-13H2,1-4H3,(H,26,28)/t14-,15+. The number of furan rings is 1. The largest absolute Gasteiger partial charge is 0.451 e. The topological polar surface area (TPSA) is 79.6 Å². The van der Waals surface area contributed by atoms with Gasteiger partial charge in [0.1, 0.15) is 5.58 Å². The van der Waals surface area contributed by atoms with E-state index in [0.717, 1.165) is 12.0 Å². The number of carbonyl (C=O) groups is 1. The smallest absolute Gasteiger partial charge is 0.291 e. The number of aryl methyl sites for hydroxylation is 2. The quantitative estimate of drug-likeness (QED) is 0.532. The van der Waals surface area contributed by atoms with Crippen LogP contribution in [0.15, 0.2) is 45.7 Å². The number of anilines is 1. The number of nitrogens with one attached hydrogen (secondary N) is 1. The van der Waals surface area contributed by atoms with Crippen molar-refractivity contribution >= 4 is 44.2 Å². The molecule has 1 saturated heterocycles. The van der Waals surface area contributed by atoms with Crippen molar-refractivity contribution in [2.45, 2.75) is 39.0 Å². The highest BCUT2D eigenvalue weighted by atomic mass is 35.5. The van der Waals surface area contributed by atoms with E-state index in [1.165, 1.54) is 0 Å². The molecule has 0 spiro atoms. The monoisotopic (exact) mass is 474 g/mol. The summed E-state index contributed by atoms with van der Waals surface area (Å²) in [4.78, 5) is 13.0. The van der Waals surface area contributed by atoms with Crippen LogP contribution in [0.4, 0.5) is 5.69 Å².